The third-order valence-corrected chi connectivity index (χ3v) is 2.26. The van der Waals surface area contributed by atoms with E-state index in [0.29, 0.717) is 0 Å². The molecule has 0 unspecified atom stereocenters. The van der Waals surface area contributed by atoms with Crippen LogP contribution in [0.25, 0.3) is 22.3 Å². The fourth-order valence-corrected chi connectivity index (χ4v) is 1.54. The highest BCUT2D eigenvalue weighted by molar-refractivity contribution is 5.92. The Morgan fingerprint density at radius 2 is 0.947 bits per heavy atom. The van der Waals surface area contributed by atoms with Gasteiger partial charge in [0.25, 0.3) is 0 Å². The van der Waals surface area contributed by atoms with Crippen LogP contribution in [0.2, 0.25) is 0 Å². The van der Waals surface area contributed by atoms with Gasteiger partial charge in [0.15, 0.2) is 34.0 Å². The Kier molecular flexibility index (Phi) is 2.62. The second-order valence-corrected chi connectivity index (χ2v) is 3.50. The summed E-state index contributed by atoms with van der Waals surface area (Å²) in [6.45, 7) is 0. The fourth-order valence-electron chi connectivity index (χ4n) is 1.54. The zero-order chi connectivity index (χ0) is 12.9. The molecule has 0 saturated carbocycles. The van der Waals surface area contributed by atoms with Crippen LogP contribution in [0.15, 0.2) is 0 Å². The van der Waals surface area contributed by atoms with E-state index in [4.69, 9.17) is 22.9 Å². The van der Waals surface area contributed by atoms with Crippen molar-refractivity contribution in [2.45, 2.75) is 7.43 Å². The first kappa shape index (κ1) is 12.4. The summed E-state index contributed by atoms with van der Waals surface area (Å²) >= 11 is 0. The molecule has 0 saturated heterocycles. The molecule has 0 aliphatic heterocycles. The maximum Gasteiger partial charge on any atom is 0.224 e. The van der Waals surface area contributed by atoms with Gasteiger partial charge in [0, 0.05) is 0 Å². The number of nitrogen functional groups attached to an aromatic ring is 4. The maximum atomic E-state index is 5.69. The van der Waals surface area contributed by atoms with Crippen LogP contribution in [-0.2, 0) is 0 Å². The third-order valence-electron chi connectivity index (χ3n) is 2.26. The van der Waals surface area contributed by atoms with Crippen LogP contribution in [0.4, 0.5) is 23.5 Å². The summed E-state index contributed by atoms with van der Waals surface area (Å²) in [6.07, 6.45) is 0. The Hall–Kier alpha value is -3.04. The predicted molar refractivity (Wildman–Crippen MR) is 72.6 cm³/mol. The van der Waals surface area contributed by atoms with Crippen LogP contribution in [0.3, 0.4) is 0 Å². The van der Waals surface area contributed by atoms with Crippen molar-refractivity contribution in [3.8, 4) is 0 Å². The van der Waals surface area contributed by atoms with E-state index in [9.17, 15) is 0 Å². The third kappa shape index (κ3) is 1.84. The van der Waals surface area contributed by atoms with E-state index in [-0.39, 0.29) is 53.3 Å². The van der Waals surface area contributed by atoms with Crippen molar-refractivity contribution in [3.63, 3.8) is 0 Å². The molecule has 0 bridgehead atoms. The average molecular weight is 260 g/mol. The highest BCUT2D eigenvalue weighted by Gasteiger charge is 2.12. The predicted octanol–water partition coefficient (Wildman–Crippen LogP) is -0.672. The standard InChI is InChI=1S/C8H8N10.CH4/c9-3-1-5(17-7(11)14-3)16-6-2(13-1)4(10)15-8(12)18-6;/h(H8,9,10,11,12,14,15,16,17,18);1H4. The van der Waals surface area contributed by atoms with Crippen molar-refractivity contribution in [2.75, 3.05) is 22.9 Å². The average Bonchev–Trinajstić information content (AvgIpc) is 2.26. The minimum Gasteiger partial charge on any atom is -0.382 e. The first-order chi connectivity index (χ1) is 8.54. The fraction of sp³-hybridized carbons (Fsp3) is 0.111. The molecule has 3 heterocycles. The lowest BCUT2D eigenvalue weighted by molar-refractivity contribution is 1.15. The zero-order valence-electron chi connectivity index (χ0n) is 8.99. The molecule has 10 heteroatoms. The minimum absolute atomic E-state index is 0. The number of hydrogen-bond donors (Lipinski definition) is 4. The summed E-state index contributed by atoms with van der Waals surface area (Å²) < 4.78 is 0. The van der Waals surface area contributed by atoms with Gasteiger partial charge >= 0.3 is 0 Å². The van der Waals surface area contributed by atoms with Gasteiger partial charge in [-0.3, -0.25) is 0 Å². The molecule has 19 heavy (non-hydrogen) atoms. The van der Waals surface area contributed by atoms with Crippen LogP contribution < -0.4 is 22.9 Å². The lowest BCUT2D eigenvalue weighted by Crippen LogP contribution is -2.06. The van der Waals surface area contributed by atoms with Crippen LogP contribution in [0.5, 0.6) is 0 Å². The normalized spacial score (nSPS) is 10.5. The van der Waals surface area contributed by atoms with E-state index in [0.717, 1.165) is 0 Å². The molecule has 3 aromatic heterocycles. The number of hydrogen-bond acceptors (Lipinski definition) is 10. The highest BCUT2D eigenvalue weighted by Crippen LogP contribution is 2.21. The van der Waals surface area contributed by atoms with Crippen molar-refractivity contribution in [1.82, 2.24) is 29.9 Å². The quantitative estimate of drug-likeness (QED) is 0.378. The zero-order valence-corrected chi connectivity index (χ0v) is 8.99. The molecule has 3 aromatic rings. The summed E-state index contributed by atoms with van der Waals surface area (Å²) in [5, 5.41) is 0. The van der Waals surface area contributed by atoms with Crippen molar-refractivity contribution >= 4 is 45.9 Å². The van der Waals surface area contributed by atoms with Gasteiger partial charge in [-0.1, -0.05) is 7.43 Å². The molecule has 10 nitrogen and oxygen atoms in total. The lowest BCUT2D eigenvalue weighted by atomic mass is 10.4. The van der Waals surface area contributed by atoms with Gasteiger partial charge in [-0.25, -0.2) is 9.97 Å². The monoisotopic (exact) mass is 260 g/mol. The van der Waals surface area contributed by atoms with Crippen molar-refractivity contribution in [2.24, 2.45) is 0 Å². The van der Waals surface area contributed by atoms with Gasteiger partial charge in [-0.05, 0) is 0 Å². The molecule has 0 fully saturated rings. The van der Waals surface area contributed by atoms with Crippen molar-refractivity contribution < 1.29 is 0 Å². The van der Waals surface area contributed by atoms with E-state index in [1.165, 1.54) is 0 Å². The van der Waals surface area contributed by atoms with Crippen LogP contribution in [-0.4, -0.2) is 29.9 Å². The molecule has 0 amide bonds. The summed E-state index contributed by atoms with van der Waals surface area (Å²) in [5.74, 6) is 0.235. The number of aromatic nitrogens is 6. The molecule has 0 spiro atoms. The SMILES string of the molecule is C.Nc1nc(N)c2nc3c(N)nc(N)nc3nc2n1. The summed E-state index contributed by atoms with van der Waals surface area (Å²) in [6, 6.07) is 0. The molecular weight excluding hydrogens is 248 g/mol. The smallest absolute Gasteiger partial charge is 0.224 e. The van der Waals surface area contributed by atoms with Crippen molar-refractivity contribution in [1.29, 1.82) is 0 Å². The minimum atomic E-state index is 0. The molecule has 0 aliphatic carbocycles. The van der Waals surface area contributed by atoms with Gasteiger partial charge in [0.2, 0.25) is 11.9 Å². The number of rotatable bonds is 0. The Bertz CT molecular complexity index is 720. The number of nitrogens with two attached hydrogens (primary N) is 4. The Morgan fingerprint density at radius 3 is 1.37 bits per heavy atom. The second kappa shape index (κ2) is 4.01. The number of anilines is 4. The van der Waals surface area contributed by atoms with Crippen LogP contribution in [0, 0.1) is 0 Å². The van der Waals surface area contributed by atoms with E-state index < -0.39 is 0 Å². The summed E-state index contributed by atoms with van der Waals surface area (Å²) in [7, 11) is 0. The van der Waals surface area contributed by atoms with Gasteiger partial charge in [0.1, 0.15) is 0 Å². The largest absolute Gasteiger partial charge is 0.382 e. The van der Waals surface area contributed by atoms with Crippen molar-refractivity contribution in [3.05, 3.63) is 0 Å². The molecule has 0 atom stereocenters. The number of fused-ring (bicyclic) bond motifs is 2. The molecule has 0 aliphatic rings. The van der Waals surface area contributed by atoms with E-state index >= 15 is 0 Å². The summed E-state index contributed by atoms with van der Waals surface area (Å²) in [5.41, 5.74) is 23.4. The van der Waals surface area contributed by atoms with Gasteiger partial charge < -0.3 is 22.9 Å². The molecule has 0 radical (unpaired) electrons. The van der Waals surface area contributed by atoms with E-state index in [1.807, 2.05) is 0 Å². The Morgan fingerprint density at radius 1 is 0.526 bits per heavy atom. The van der Waals surface area contributed by atoms with Gasteiger partial charge in [-0.2, -0.15) is 19.9 Å². The first-order valence-electron chi connectivity index (χ1n) is 4.84. The molecular formula is C9H12N10. The second-order valence-electron chi connectivity index (χ2n) is 3.50. The highest BCUT2D eigenvalue weighted by atomic mass is 15.1. The number of nitrogens with zero attached hydrogens (tertiary/aromatic N) is 6. The lowest BCUT2D eigenvalue weighted by Gasteiger charge is -2.04. The molecule has 3 rings (SSSR count). The molecule has 0 aromatic carbocycles. The van der Waals surface area contributed by atoms with Gasteiger partial charge in [0.05, 0.1) is 0 Å². The topological polar surface area (TPSA) is 181 Å². The van der Waals surface area contributed by atoms with E-state index in [2.05, 4.69) is 29.9 Å². The summed E-state index contributed by atoms with van der Waals surface area (Å²) in [4.78, 5) is 23.7. The van der Waals surface area contributed by atoms with Crippen LogP contribution in [0.1, 0.15) is 7.43 Å². The molecule has 98 valence electrons. The molecule has 8 N–H and O–H groups in total. The maximum absolute atomic E-state index is 5.69. The van der Waals surface area contributed by atoms with E-state index in [1.54, 1.807) is 0 Å². The van der Waals surface area contributed by atoms with Gasteiger partial charge in [-0.15, -0.1) is 0 Å². The Labute approximate surface area is 107 Å². The first-order valence-corrected chi connectivity index (χ1v) is 4.84. The Balaban J connectivity index is 0.00000133. The van der Waals surface area contributed by atoms with Crippen LogP contribution >= 0.6 is 0 Å².